The summed E-state index contributed by atoms with van der Waals surface area (Å²) in [5, 5.41) is 20.6. The number of aromatic nitrogens is 6. The number of hydrogen-bond donors (Lipinski definition) is 1. The van der Waals surface area contributed by atoms with Crippen LogP contribution >= 0.6 is 0 Å². The van der Waals surface area contributed by atoms with E-state index >= 15 is 0 Å². The third-order valence-electron chi connectivity index (χ3n) is 5.52. The molecule has 4 heterocycles. The Hall–Kier alpha value is -3.31. The van der Waals surface area contributed by atoms with E-state index in [9.17, 15) is 23.0 Å². The molecule has 166 valence electrons. The van der Waals surface area contributed by atoms with Gasteiger partial charge in [-0.3, -0.25) is 14.8 Å². The van der Waals surface area contributed by atoms with Gasteiger partial charge in [-0.05, 0) is 12.8 Å². The number of carbonyl (C=O) groups excluding carboxylic acids is 1. The number of amides is 1. The molecule has 5 rings (SSSR count). The number of fused-ring (bicyclic) bond motifs is 1. The topological polar surface area (TPSA) is 134 Å². The first-order chi connectivity index (χ1) is 15.4. The molecule has 1 N–H and O–H groups in total. The molecule has 3 aromatic heterocycles. The molecular weight excluding hydrogens is 444 g/mol. The number of hydrogen-bond acceptors (Lipinski definition) is 7. The summed E-state index contributed by atoms with van der Waals surface area (Å²) in [6.45, 7) is 0.0217. The SMILES string of the molecule is N#CCC1(n2cc(-c3nccc4nc(NC(=O)C5CC5)nn34)cn2)CN(S(=O)C(F)F)C1. The maximum atomic E-state index is 12.8. The number of halogens is 2. The van der Waals surface area contributed by atoms with Crippen molar-refractivity contribution in [1.29, 1.82) is 5.26 Å². The van der Waals surface area contributed by atoms with Gasteiger partial charge in [-0.15, -0.1) is 5.10 Å². The predicted octanol–water partition coefficient (Wildman–Crippen LogP) is 1.15. The second kappa shape index (κ2) is 7.68. The molecule has 32 heavy (non-hydrogen) atoms. The summed E-state index contributed by atoms with van der Waals surface area (Å²) >= 11 is 0. The number of nitrogens with zero attached hydrogens (tertiary/aromatic N) is 8. The van der Waals surface area contributed by atoms with Gasteiger partial charge < -0.3 is 0 Å². The van der Waals surface area contributed by atoms with Crippen molar-refractivity contribution in [2.45, 2.75) is 30.6 Å². The summed E-state index contributed by atoms with van der Waals surface area (Å²) in [5.74, 6) is -2.50. The van der Waals surface area contributed by atoms with E-state index in [4.69, 9.17) is 0 Å². The van der Waals surface area contributed by atoms with Gasteiger partial charge in [0.2, 0.25) is 11.9 Å². The summed E-state index contributed by atoms with van der Waals surface area (Å²) in [4.78, 5) is 20.7. The Bertz CT molecular complexity index is 1260. The van der Waals surface area contributed by atoms with E-state index in [1.165, 1.54) is 15.4 Å². The first-order valence-electron chi connectivity index (χ1n) is 9.79. The lowest BCUT2D eigenvalue weighted by Gasteiger charge is -2.47. The fraction of sp³-hybridized carbons (Fsp3) is 0.444. The van der Waals surface area contributed by atoms with Crippen LogP contribution in [0.15, 0.2) is 24.7 Å². The van der Waals surface area contributed by atoms with Gasteiger partial charge in [-0.1, -0.05) is 0 Å². The molecular formula is C18H17F2N9O2S. The third-order valence-corrected chi connectivity index (χ3v) is 6.59. The number of nitriles is 1. The van der Waals surface area contributed by atoms with Crippen LogP contribution in [0.5, 0.6) is 0 Å². The lowest BCUT2D eigenvalue weighted by molar-refractivity contribution is -0.117. The molecule has 0 bridgehead atoms. The average Bonchev–Trinajstić information content (AvgIpc) is 3.34. The molecule has 14 heteroatoms. The van der Waals surface area contributed by atoms with Gasteiger partial charge in [0, 0.05) is 37.5 Å². The molecule has 11 nitrogen and oxygen atoms in total. The molecule has 2 fully saturated rings. The van der Waals surface area contributed by atoms with Crippen molar-refractivity contribution in [3.8, 4) is 17.5 Å². The Morgan fingerprint density at radius 2 is 2.19 bits per heavy atom. The molecule has 0 aromatic carbocycles. The molecule has 1 aliphatic carbocycles. The average molecular weight is 461 g/mol. The highest BCUT2D eigenvalue weighted by Gasteiger charge is 2.49. The Morgan fingerprint density at radius 3 is 2.88 bits per heavy atom. The van der Waals surface area contributed by atoms with Crippen LogP contribution in [0.3, 0.4) is 0 Å². The minimum atomic E-state index is -2.98. The highest BCUT2D eigenvalue weighted by molar-refractivity contribution is 7.83. The summed E-state index contributed by atoms with van der Waals surface area (Å²) < 4.78 is 41.3. The molecule has 3 aromatic rings. The van der Waals surface area contributed by atoms with Gasteiger partial charge in [-0.25, -0.2) is 13.5 Å². The lowest BCUT2D eigenvalue weighted by atomic mass is 9.89. The first-order valence-corrected chi connectivity index (χ1v) is 11.0. The molecule has 0 radical (unpaired) electrons. The highest BCUT2D eigenvalue weighted by atomic mass is 32.2. The van der Waals surface area contributed by atoms with Crippen molar-refractivity contribution >= 4 is 28.5 Å². The number of carbonyl (C=O) groups is 1. The summed E-state index contributed by atoms with van der Waals surface area (Å²) in [6, 6.07) is 3.70. The zero-order chi connectivity index (χ0) is 22.5. The molecule has 1 saturated carbocycles. The van der Waals surface area contributed by atoms with Crippen LogP contribution in [0.25, 0.3) is 17.0 Å². The third kappa shape index (κ3) is 3.53. The van der Waals surface area contributed by atoms with Crippen LogP contribution in [0, 0.1) is 17.2 Å². The maximum absolute atomic E-state index is 12.8. The minimum absolute atomic E-state index is 0.00945. The van der Waals surface area contributed by atoms with Crippen LogP contribution in [-0.4, -0.2) is 62.6 Å². The van der Waals surface area contributed by atoms with E-state index in [0.29, 0.717) is 17.0 Å². The van der Waals surface area contributed by atoms with Gasteiger partial charge in [0.05, 0.1) is 24.3 Å². The first kappa shape index (κ1) is 20.6. The Labute approximate surface area is 182 Å². The zero-order valence-electron chi connectivity index (χ0n) is 16.6. The smallest absolute Gasteiger partial charge is 0.293 e. The van der Waals surface area contributed by atoms with E-state index < -0.39 is 22.3 Å². The zero-order valence-corrected chi connectivity index (χ0v) is 17.4. The molecule has 1 aliphatic heterocycles. The van der Waals surface area contributed by atoms with E-state index in [-0.39, 0.29) is 37.3 Å². The molecule has 1 amide bonds. The van der Waals surface area contributed by atoms with Gasteiger partial charge >= 0.3 is 5.76 Å². The quantitative estimate of drug-likeness (QED) is 0.558. The molecule has 0 spiro atoms. The highest BCUT2D eigenvalue weighted by Crippen LogP contribution is 2.35. The maximum Gasteiger partial charge on any atom is 0.325 e. The van der Waals surface area contributed by atoms with Crippen molar-refractivity contribution in [2.24, 2.45) is 5.92 Å². The lowest BCUT2D eigenvalue weighted by Crippen LogP contribution is -2.63. The Balaban J connectivity index is 1.42. The van der Waals surface area contributed by atoms with E-state index in [1.807, 2.05) is 0 Å². The van der Waals surface area contributed by atoms with Crippen LogP contribution in [0.1, 0.15) is 19.3 Å². The second-order valence-corrected chi connectivity index (χ2v) is 9.23. The van der Waals surface area contributed by atoms with Crippen LogP contribution < -0.4 is 5.32 Å². The Kier molecular flexibility index (Phi) is 4.94. The van der Waals surface area contributed by atoms with Crippen molar-refractivity contribution < 1.29 is 17.8 Å². The van der Waals surface area contributed by atoms with Crippen LogP contribution in [0.4, 0.5) is 14.7 Å². The fourth-order valence-corrected chi connectivity index (χ4v) is 4.62. The van der Waals surface area contributed by atoms with Gasteiger partial charge in [-0.2, -0.15) is 28.6 Å². The monoisotopic (exact) mass is 461 g/mol. The van der Waals surface area contributed by atoms with Gasteiger partial charge in [0.1, 0.15) is 5.54 Å². The summed E-state index contributed by atoms with van der Waals surface area (Å²) in [6.07, 6.45) is 6.45. The van der Waals surface area contributed by atoms with Crippen LogP contribution in [-0.2, 0) is 21.3 Å². The van der Waals surface area contributed by atoms with Crippen LogP contribution in [0.2, 0.25) is 0 Å². The van der Waals surface area contributed by atoms with Crippen molar-refractivity contribution in [1.82, 2.24) is 33.7 Å². The number of anilines is 1. The van der Waals surface area contributed by atoms with E-state index in [0.717, 1.165) is 17.1 Å². The number of rotatable bonds is 7. The number of nitrogens with one attached hydrogen (secondary N) is 1. The van der Waals surface area contributed by atoms with Crippen molar-refractivity contribution in [3.63, 3.8) is 0 Å². The standard InChI is InChI=1S/C18H17F2N9O2S/c19-16(20)32(31)27-9-18(10-27,4-5-21)28-8-12(7-23-28)14-22-6-3-13-24-17(26-29(13)14)25-15(30)11-1-2-11/h3,6-8,11,16H,1-2,4,9-10H2,(H,25,26,30). The molecule has 2 aliphatic rings. The second-order valence-electron chi connectivity index (χ2n) is 7.81. The van der Waals surface area contributed by atoms with Gasteiger partial charge in [0.25, 0.3) is 0 Å². The number of alkyl halides is 2. The summed E-state index contributed by atoms with van der Waals surface area (Å²) in [7, 11) is -2.42. The minimum Gasteiger partial charge on any atom is -0.293 e. The molecule has 1 atom stereocenters. The van der Waals surface area contributed by atoms with E-state index in [1.54, 1.807) is 18.5 Å². The fourth-order valence-electron chi connectivity index (χ4n) is 3.66. The van der Waals surface area contributed by atoms with Crippen molar-refractivity contribution in [2.75, 3.05) is 18.4 Å². The Morgan fingerprint density at radius 1 is 1.41 bits per heavy atom. The van der Waals surface area contributed by atoms with Crippen molar-refractivity contribution in [3.05, 3.63) is 24.7 Å². The predicted molar refractivity (Wildman–Crippen MR) is 107 cm³/mol. The van der Waals surface area contributed by atoms with Gasteiger partial charge in [0.15, 0.2) is 22.5 Å². The largest absolute Gasteiger partial charge is 0.325 e. The summed E-state index contributed by atoms with van der Waals surface area (Å²) in [5.41, 5.74) is 0.172. The normalized spacial score (nSPS) is 18.9. The molecule has 1 unspecified atom stereocenters. The van der Waals surface area contributed by atoms with E-state index in [2.05, 4.69) is 31.6 Å². The molecule has 1 saturated heterocycles.